The molecular weight excluding hydrogens is 633 g/mol. The third-order valence-electron chi connectivity index (χ3n) is 13.6. The molecule has 4 aliphatic rings. The molecular formula is C48H52N4. The van der Waals surface area contributed by atoms with Crippen molar-refractivity contribution in [2.75, 3.05) is 0 Å². The molecule has 0 N–H and O–H groups in total. The summed E-state index contributed by atoms with van der Waals surface area (Å²) in [6.45, 7) is 10.0. The first-order valence-electron chi connectivity index (χ1n) is 20.1. The number of benzene rings is 4. The summed E-state index contributed by atoms with van der Waals surface area (Å²) in [7, 11) is 0. The quantitative estimate of drug-likeness (QED) is 0.185. The molecule has 4 bridgehead atoms. The zero-order valence-corrected chi connectivity index (χ0v) is 31.4. The second-order valence-electron chi connectivity index (χ2n) is 18.2. The summed E-state index contributed by atoms with van der Waals surface area (Å²) in [6, 6.07) is 32.6. The number of nitriles is 1. The largest absolute Gasteiger partial charge is 0.208 e. The molecule has 5 aromatic rings. The topological polar surface area (TPSA) is 62.5 Å². The zero-order valence-electron chi connectivity index (χ0n) is 31.4. The van der Waals surface area contributed by atoms with Gasteiger partial charge in [-0.05, 0) is 157 Å². The molecule has 4 unspecified atom stereocenters. The van der Waals surface area contributed by atoms with Crippen LogP contribution in [0.4, 0.5) is 0 Å². The molecule has 0 aliphatic heterocycles. The van der Waals surface area contributed by atoms with Crippen molar-refractivity contribution in [3.8, 4) is 40.2 Å². The lowest BCUT2D eigenvalue weighted by Crippen LogP contribution is -2.44. The predicted molar refractivity (Wildman–Crippen MR) is 212 cm³/mol. The molecule has 1 heterocycles. The second kappa shape index (κ2) is 12.9. The molecule has 4 fully saturated rings. The molecule has 264 valence electrons. The fraction of sp³-hybridized carbons (Fsp3) is 0.458. The number of fused-ring (bicyclic) bond motifs is 5. The Labute approximate surface area is 310 Å². The van der Waals surface area contributed by atoms with E-state index in [9.17, 15) is 5.26 Å². The number of hydrogen-bond donors (Lipinski definition) is 0. The fourth-order valence-electron chi connectivity index (χ4n) is 12.4. The summed E-state index contributed by atoms with van der Waals surface area (Å²) < 4.78 is 0. The van der Waals surface area contributed by atoms with E-state index in [1.807, 2.05) is 24.3 Å². The predicted octanol–water partition coefficient (Wildman–Crippen LogP) is 12.1. The van der Waals surface area contributed by atoms with Gasteiger partial charge in [-0.25, -0.2) is 15.0 Å². The van der Waals surface area contributed by atoms with Gasteiger partial charge in [0.15, 0.2) is 17.5 Å². The minimum atomic E-state index is 0.205. The molecule has 52 heavy (non-hydrogen) atoms. The standard InChI is InChI=1S/C48H52N4/c1-30-15-34-16-31(2)24-47(23-30,27-34)41-20-40(21-42(22-41)48-25-32(3)17-35(28-48)18-33(4)26-48)46-51-44(36-9-6-5-7-10-36)50-45(52-46)38-13-14-43-37(19-38)11-8-12-39(43)29-49/h5-14,19-22,30-35H,15-18,23-28H2,1-4H3/t30-,31+,32-,33+,34?,35?,47?,48?. The Kier molecular flexibility index (Phi) is 8.33. The van der Waals surface area contributed by atoms with E-state index in [0.29, 0.717) is 17.2 Å². The lowest BCUT2D eigenvalue weighted by molar-refractivity contribution is 0.0738. The first-order valence-corrected chi connectivity index (χ1v) is 20.1. The monoisotopic (exact) mass is 684 g/mol. The summed E-state index contributed by atoms with van der Waals surface area (Å²) in [5, 5.41) is 11.7. The Balaban J connectivity index is 1.26. The zero-order chi connectivity index (χ0) is 35.6. The average molecular weight is 685 g/mol. The van der Waals surface area contributed by atoms with Crippen molar-refractivity contribution < 1.29 is 0 Å². The summed E-state index contributed by atoms with van der Waals surface area (Å²) in [5.74, 6) is 6.74. The summed E-state index contributed by atoms with van der Waals surface area (Å²) in [4.78, 5) is 15.8. The van der Waals surface area contributed by atoms with Crippen LogP contribution in [0.1, 0.15) is 109 Å². The Hall–Kier alpha value is -4.36. The van der Waals surface area contributed by atoms with Crippen LogP contribution < -0.4 is 0 Å². The molecule has 0 amide bonds. The van der Waals surface area contributed by atoms with Crippen molar-refractivity contribution in [1.82, 2.24) is 15.0 Å². The molecule has 0 spiro atoms. The molecule has 0 saturated heterocycles. The Morgan fingerprint density at radius 2 is 1.04 bits per heavy atom. The maximum Gasteiger partial charge on any atom is 0.164 e. The van der Waals surface area contributed by atoms with E-state index in [1.54, 1.807) is 11.1 Å². The van der Waals surface area contributed by atoms with E-state index in [0.717, 1.165) is 68.8 Å². The molecule has 4 heteroatoms. The van der Waals surface area contributed by atoms with Crippen LogP contribution in [0, 0.1) is 46.8 Å². The van der Waals surface area contributed by atoms with Gasteiger partial charge in [0.1, 0.15) is 0 Å². The van der Waals surface area contributed by atoms with Gasteiger partial charge in [-0.15, -0.1) is 0 Å². The number of aromatic nitrogens is 3. The normalized spacial score (nSPS) is 31.2. The third kappa shape index (κ3) is 6.05. The molecule has 4 saturated carbocycles. The van der Waals surface area contributed by atoms with Gasteiger partial charge in [-0.3, -0.25) is 0 Å². The summed E-state index contributed by atoms with van der Waals surface area (Å²) >= 11 is 0. The molecule has 1 aromatic heterocycles. The van der Waals surface area contributed by atoms with E-state index < -0.39 is 0 Å². The van der Waals surface area contributed by atoms with Gasteiger partial charge in [0, 0.05) is 16.7 Å². The van der Waals surface area contributed by atoms with E-state index in [-0.39, 0.29) is 10.8 Å². The highest BCUT2D eigenvalue weighted by Gasteiger charge is 2.48. The van der Waals surface area contributed by atoms with Crippen LogP contribution in [0.25, 0.3) is 44.9 Å². The lowest BCUT2D eigenvalue weighted by Gasteiger charge is -2.52. The van der Waals surface area contributed by atoms with E-state index >= 15 is 0 Å². The second-order valence-corrected chi connectivity index (χ2v) is 18.2. The third-order valence-corrected chi connectivity index (χ3v) is 13.6. The van der Waals surface area contributed by atoms with Gasteiger partial charge in [-0.1, -0.05) is 88.4 Å². The van der Waals surface area contributed by atoms with Crippen LogP contribution >= 0.6 is 0 Å². The molecule has 4 aliphatic carbocycles. The summed E-state index contributed by atoms with van der Waals surface area (Å²) in [6.07, 6.45) is 13.2. The van der Waals surface area contributed by atoms with Crippen molar-refractivity contribution in [3.63, 3.8) is 0 Å². The van der Waals surface area contributed by atoms with Crippen molar-refractivity contribution >= 4 is 10.8 Å². The maximum absolute atomic E-state index is 9.76. The first-order chi connectivity index (χ1) is 25.2. The van der Waals surface area contributed by atoms with E-state index in [1.165, 1.54) is 64.2 Å². The van der Waals surface area contributed by atoms with E-state index in [2.05, 4.69) is 94.4 Å². The van der Waals surface area contributed by atoms with Crippen molar-refractivity contribution in [2.24, 2.45) is 35.5 Å². The van der Waals surface area contributed by atoms with Crippen molar-refractivity contribution in [2.45, 2.75) is 103 Å². The first kappa shape index (κ1) is 33.5. The minimum Gasteiger partial charge on any atom is -0.208 e. The number of nitrogens with zero attached hydrogens (tertiary/aromatic N) is 4. The highest BCUT2D eigenvalue weighted by Crippen LogP contribution is 2.58. The summed E-state index contributed by atoms with van der Waals surface area (Å²) in [5.41, 5.74) is 7.25. The van der Waals surface area contributed by atoms with Crippen LogP contribution in [-0.4, -0.2) is 15.0 Å². The van der Waals surface area contributed by atoms with Gasteiger partial charge in [0.2, 0.25) is 0 Å². The smallest absolute Gasteiger partial charge is 0.164 e. The Morgan fingerprint density at radius 1 is 0.519 bits per heavy atom. The van der Waals surface area contributed by atoms with Crippen LogP contribution in [0.2, 0.25) is 0 Å². The van der Waals surface area contributed by atoms with Gasteiger partial charge < -0.3 is 0 Å². The number of hydrogen-bond acceptors (Lipinski definition) is 4. The van der Waals surface area contributed by atoms with Gasteiger partial charge >= 0.3 is 0 Å². The molecule has 4 nitrogen and oxygen atoms in total. The number of rotatable bonds is 5. The lowest BCUT2D eigenvalue weighted by atomic mass is 9.52. The highest BCUT2D eigenvalue weighted by atomic mass is 15.0. The van der Waals surface area contributed by atoms with Crippen molar-refractivity contribution in [3.05, 3.63) is 102 Å². The van der Waals surface area contributed by atoms with Crippen LogP contribution in [-0.2, 0) is 10.8 Å². The van der Waals surface area contributed by atoms with Crippen LogP contribution in [0.15, 0.2) is 84.9 Å². The van der Waals surface area contributed by atoms with Crippen LogP contribution in [0.3, 0.4) is 0 Å². The molecule has 8 atom stereocenters. The fourth-order valence-corrected chi connectivity index (χ4v) is 12.4. The van der Waals surface area contributed by atoms with E-state index in [4.69, 9.17) is 15.0 Å². The SMILES string of the molecule is C[C@@H]1CC2C[C@H](C)CC(c3cc(-c4nc(-c5ccccc5)nc(-c5ccc6c(C#N)cccc6c5)n4)cc(C45CC(C[C@@H](C)C4)C[C@H](C)C5)c3)(C2)C1. The van der Waals surface area contributed by atoms with Gasteiger partial charge in [0.25, 0.3) is 0 Å². The Bertz CT molecular complexity index is 2080. The Morgan fingerprint density at radius 3 is 1.58 bits per heavy atom. The minimum absolute atomic E-state index is 0.205. The molecule has 4 aromatic carbocycles. The highest BCUT2D eigenvalue weighted by molar-refractivity contribution is 5.91. The average Bonchev–Trinajstić information content (AvgIpc) is 3.13. The van der Waals surface area contributed by atoms with Crippen LogP contribution in [0.5, 0.6) is 0 Å². The van der Waals surface area contributed by atoms with Crippen molar-refractivity contribution in [1.29, 1.82) is 5.26 Å². The van der Waals surface area contributed by atoms with Gasteiger partial charge in [-0.2, -0.15) is 5.26 Å². The molecule has 9 rings (SSSR count). The molecule has 0 radical (unpaired) electrons. The maximum atomic E-state index is 9.76. The van der Waals surface area contributed by atoms with Gasteiger partial charge in [0.05, 0.1) is 11.6 Å².